The van der Waals surface area contributed by atoms with Crippen molar-refractivity contribution in [2.24, 2.45) is 0 Å². The minimum atomic E-state index is -0.863. The molecule has 0 heterocycles. The fourth-order valence-electron chi connectivity index (χ4n) is 5.99. The van der Waals surface area contributed by atoms with Crippen molar-refractivity contribution in [3.63, 3.8) is 0 Å². The standard InChI is InChI=1S/C63H90O6/c1-4-7-10-13-16-19-22-25-28-31-32-33-36-38-41-44-47-50-53-56-62(65)68-59-60(69-63(66)57-54-51-48-45-42-39-35-30-27-24-21-18-15-12-9-6-3)58-67-61(64)55-52-49-46-43-40-37-34-29-26-23-20-17-14-11-8-5-2/h7-13,16-22,25-33,36-42,48,51,60H,4-6,14-15,23-24,34-35,43-47,49-50,52-59H2,1-3H3/b10-7-,11-8-,12-9-,16-13-,20-17-,21-18-,22-19-,28-25-,29-26-,30-27-,32-31+,36-33-,40-37-,41-38-,42-39-,51-48-. The molecule has 0 radical (unpaired) electrons. The number of ether oxygens (including phenoxy) is 3. The molecule has 0 aromatic heterocycles. The summed E-state index contributed by atoms with van der Waals surface area (Å²) in [5, 5.41) is 0. The molecular weight excluding hydrogens is 853 g/mol. The topological polar surface area (TPSA) is 78.9 Å². The molecule has 0 amide bonds. The van der Waals surface area contributed by atoms with Gasteiger partial charge in [-0.3, -0.25) is 14.4 Å². The molecule has 6 heteroatoms. The van der Waals surface area contributed by atoms with Crippen molar-refractivity contribution in [3.8, 4) is 0 Å². The van der Waals surface area contributed by atoms with E-state index in [-0.39, 0.29) is 44.4 Å². The fourth-order valence-corrected chi connectivity index (χ4v) is 5.99. The summed E-state index contributed by atoms with van der Waals surface area (Å²) in [4.78, 5) is 38.0. The maximum absolute atomic E-state index is 12.8. The molecule has 0 spiro atoms. The van der Waals surface area contributed by atoms with E-state index in [1.165, 1.54) is 0 Å². The summed E-state index contributed by atoms with van der Waals surface area (Å²) < 4.78 is 16.7. The van der Waals surface area contributed by atoms with Gasteiger partial charge in [-0.05, 0) is 109 Å². The summed E-state index contributed by atoms with van der Waals surface area (Å²) in [7, 11) is 0. The Morgan fingerprint density at radius 3 is 1.01 bits per heavy atom. The third kappa shape index (κ3) is 53.1. The van der Waals surface area contributed by atoms with Crippen LogP contribution in [-0.4, -0.2) is 37.2 Å². The summed E-state index contributed by atoms with van der Waals surface area (Å²) in [6.07, 6.45) is 84.2. The molecule has 1 unspecified atom stereocenters. The molecule has 0 aliphatic rings. The van der Waals surface area contributed by atoms with Crippen LogP contribution in [0.3, 0.4) is 0 Å². The molecule has 0 fully saturated rings. The first-order valence-corrected chi connectivity index (χ1v) is 26.0. The number of esters is 3. The van der Waals surface area contributed by atoms with E-state index in [1.54, 1.807) is 0 Å². The summed E-state index contributed by atoms with van der Waals surface area (Å²) in [6.45, 7) is 6.09. The van der Waals surface area contributed by atoms with Crippen molar-refractivity contribution in [1.82, 2.24) is 0 Å². The molecule has 0 bridgehead atoms. The van der Waals surface area contributed by atoms with E-state index in [2.05, 4.69) is 130 Å². The molecule has 0 aliphatic carbocycles. The highest BCUT2D eigenvalue weighted by Crippen LogP contribution is 2.10. The van der Waals surface area contributed by atoms with Crippen LogP contribution in [-0.2, 0) is 28.6 Å². The molecule has 0 aliphatic heterocycles. The Labute approximate surface area is 420 Å². The van der Waals surface area contributed by atoms with Gasteiger partial charge >= 0.3 is 17.9 Å². The van der Waals surface area contributed by atoms with Crippen LogP contribution < -0.4 is 0 Å². The van der Waals surface area contributed by atoms with E-state index < -0.39 is 12.1 Å². The van der Waals surface area contributed by atoms with Crippen molar-refractivity contribution in [1.29, 1.82) is 0 Å². The number of unbranched alkanes of at least 4 members (excludes halogenated alkanes) is 6. The summed E-state index contributed by atoms with van der Waals surface area (Å²) >= 11 is 0. The van der Waals surface area contributed by atoms with E-state index in [0.717, 1.165) is 109 Å². The van der Waals surface area contributed by atoms with Gasteiger partial charge in [0, 0.05) is 19.3 Å². The van der Waals surface area contributed by atoms with E-state index in [0.29, 0.717) is 12.8 Å². The summed E-state index contributed by atoms with van der Waals surface area (Å²) in [5.74, 6) is -1.13. The van der Waals surface area contributed by atoms with Gasteiger partial charge in [0.15, 0.2) is 6.10 Å². The molecule has 0 aromatic rings. The molecule has 0 rings (SSSR count). The summed E-state index contributed by atoms with van der Waals surface area (Å²) in [5.41, 5.74) is 0. The lowest BCUT2D eigenvalue weighted by Gasteiger charge is -2.18. The third-order valence-electron chi connectivity index (χ3n) is 9.78. The maximum Gasteiger partial charge on any atom is 0.306 e. The smallest absolute Gasteiger partial charge is 0.306 e. The molecule has 0 saturated heterocycles. The highest BCUT2D eigenvalue weighted by molar-refractivity contribution is 5.71. The number of carbonyl (C=O) groups excluding carboxylic acids is 3. The Hall–Kier alpha value is -5.75. The number of allylic oxidation sites excluding steroid dienone is 32. The van der Waals surface area contributed by atoms with Gasteiger partial charge in [0.1, 0.15) is 13.2 Å². The van der Waals surface area contributed by atoms with Gasteiger partial charge in [-0.2, -0.15) is 0 Å². The van der Waals surface area contributed by atoms with Crippen LogP contribution in [0.1, 0.15) is 162 Å². The van der Waals surface area contributed by atoms with E-state index in [1.807, 2.05) is 85.1 Å². The Bertz CT molecular complexity index is 1750. The van der Waals surface area contributed by atoms with Crippen LogP contribution in [0.15, 0.2) is 194 Å². The molecule has 1 atom stereocenters. The Morgan fingerprint density at radius 1 is 0.304 bits per heavy atom. The average Bonchev–Trinajstić information content (AvgIpc) is 3.35. The van der Waals surface area contributed by atoms with Crippen LogP contribution in [0.25, 0.3) is 0 Å². The van der Waals surface area contributed by atoms with Gasteiger partial charge < -0.3 is 14.2 Å². The monoisotopic (exact) mass is 943 g/mol. The third-order valence-corrected chi connectivity index (χ3v) is 9.78. The van der Waals surface area contributed by atoms with Gasteiger partial charge in [-0.25, -0.2) is 0 Å². The highest BCUT2D eigenvalue weighted by Gasteiger charge is 2.19. The predicted octanol–water partition coefficient (Wildman–Crippen LogP) is 17.5. The summed E-state index contributed by atoms with van der Waals surface area (Å²) in [6, 6.07) is 0. The van der Waals surface area contributed by atoms with Crippen LogP contribution in [0.4, 0.5) is 0 Å². The normalized spacial score (nSPS) is 13.7. The van der Waals surface area contributed by atoms with Gasteiger partial charge in [0.2, 0.25) is 0 Å². The van der Waals surface area contributed by atoms with Gasteiger partial charge in [0.05, 0.1) is 0 Å². The second kappa shape index (κ2) is 54.9. The second-order valence-electron chi connectivity index (χ2n) is 16.1. The Kier molecular flexibility index (Phi) is 50.3. The van der Waals surface area contributed by atoms with Crippen LogP contribution in [0.2, 0.25) is 0 Å². The Morgan fingerprint density at radius 2 is 0.623 bits per heavy atom. The lowest BCUT2D eigenvalue weighted by Crippen LogP contribution is -2.30. The van der Waals surface area contributed by atoms with E-state index >= 15 is 0 Å². The zero-order valence-corrected chi connectivity index (χ0v) is 43.0. The van der Waals surface area contributed by atoms with E-state index in [4.69, 9.17) is 14.2 Å². The first-order chi connectivity index (χ1) is 34.0. The Balaban J connectivity index is 4.71. The van der Waals surface area contributed by atoms with Gasteiger partial charge in [-0.1, -0.05) is 228 Å². The molecule has 0 saturated carbocycles. The van der Waals surface area contributed by atoms with Gasteiger partial charge in [0.25, 0.3) is 0 Å². The largest absolute Gasteiger partial charge is 0.462 e. The van der Waals surface area contributed by atoms with E-state index in [9.17, 15) is 14.4 Å². The minimum Gasteiger partial charge on any atom is -0.462 e. The molecule has 378 valence electrons. The van der Waals surface area contributed by atoms with Crippen LogP contribution in [0.5, 0.6) is 0 Å². The molecule has 0 N–H and O–H groups in total. The fraction of sp³-hybridized carbons (Fsp3) is 0.444. The van der Waals surface area contributed by atoms with Crippen molar-refractivity contribution in [2.75, 3.05) is 13.2 Å². The second-order valence-corrected chi connectivity index (χ2v) is 16.1. The minimum absolute atomic E-state index is 0.151. The van der Waals surface area contributed by atoms with Crippen molar-refractivity contribution in [3.05, 3.63) is 194 Å². The number of carbonyl (C=O) groups is 3. The molecule has 0 aromatic carbocycles. The molecular formula is C63H90O6. The quantitative estimate of drug-likeness (QED) is 0.0199. The zero-order chi connectivity index (χ0) is 50.0. The van der Waals surface area contributed by atoms with Gasteiger partial charge in [-0.15, -0.1) is 0 Å². The van der Waals surface area contributed by atoms with Crippen molar-refractivity contribution >= 4 is 17.9 Å². The number of rotatable bonds is 43. The predicted molar refractivity (Wildman–Crippen MR) is 297 cm³/mol. The average molecular weight is 943 g/mol. The number of hydrogen-bond acceptors (Lipinski definition) is 6. The van der Waals surface area contributed by atoms with Crippen LogP contribution in [0, 0.1) is 0 Å². The SMILES string of the molecule is CC\C=C/C=C\C=C/C=C\C=C\C=C/C=C\CCCCCC(=O)OCC(COC(=O)CCCCC/C=C\C/C=C\C/C=C\C/C=C\CC)OC(=O)CC/C=C\C/C=C\C/C=C\C/C=C\C/C=C\CC. The molecule has 69 heavy (non-hydrogen) atoms. The van der Waals surface area contributed by atoms with Crippen LogP contribution >= 0.6 is 0 Å². The van der Waals surface area contributed by atoms with Crippen molar-refractivity contribution in [2.45, 2.75) is 168 Å². The highest BCUT2D eigenvalue weighted by atomic mass is 16.6. The zero-order valence-electron chi connectivity index (χ0n) is 43.0. The maximum atomic E-state index is 12.8. The lowest BCUT2D eigenvalue weighted by atomic mass is 10.1. The number of hydrogen-bond donors (Lipinski definition) is 0. The first kappa shape index (κ1) is 63.2. The lowest BCUT2D eigenvalue weighted by molar-refractivity contribution is -0.166. The van der Waals surface area contributed by atoms with Crippen molar-refractivity contribution < 1.29 is 28.6 Å². The molecule has 6 nitrogen and oxygen atoms in total. The first-order valence-electron chi connectivity index (χ1n) is 26.0.